The summed E-state index contributed by atoms with van der Waals surface area (Å²) >= 11 is -1.95. The average molecular weight is 187 g/mol. The summed E-state index contributed by atoms with van der Waals surface area (Å²) < 4.78 is 18.9. The molecule has 0 heterocycles. The minimum absolute atomic E-state index is 0.100. The summed E-state index contributed by atoms with van der Waals surface area (Å²) in [6.07, 6.45) is 0. The van der Waals surface area contributed by atoms with Crippen LogP contribution in [0.3, 0.4) is 0 Å². The number of phenols is 1. The van der Waals surface area contributed by atoms with Crippen LogP contribution in [0.15, 0.2) is 18.2 Å². The fourth-order valence-electron chi connectivity index (χ4n) is 0.861. The molecule has 1 unspecified atom stereocenters. The molecule has 4 N–H and O–H groups in total. The van der Waals surface area contributed by atoms with Gasteiger partial charge in [0.1, 0.15) is 5.75 Å². The number of hydrogen-bond acceptors (Lipinski definition) is 3. The minimum Gasteiger partial charge on any atom is -0.505 e. The van der Waals surface area contributed by atoms with Gasteiger partial charge in [-0.1, -0.05) is 12.1 Å². The molecule has 0 bridgehead atoms. The van der Waals surface area contributed by atoms with E-state index in [2.05, 4.69) is 0 Å². The lowest BCUT2D eigenvalue weighted by Gasteiger charge is -2.03. The Morgan fingerprint density at radius 2 is 2.17 bits per heavy atom. The molecule has 0 amide bonds. The summed E-state index contributed by atoms with van der Waals surface area (Å²) in [5, 5.41) is 9.28. The van der Waals surface area contributed by atoms with Gasteiger partial charge in [0.05, 0.1) is 11.4 Å². The Balaban J connectivity index is 3.00. The predicted octanol–water partition coefficient (Wildman–Crippen LogP) is 0.696. The van der Waals surface area contributed by atoms with Crippen molar-refractivity contribution in [2.24, 2.45) is 0 Å². The molecular weight excluding hydrogens is 178 g/mol. The highest BCUT2D eigenvalue weighted by Gasteiger charge is 2.05. The third-order valence-electron chi connectivity index (χ3n) is 1.43. The molecular formula is C7H9NO3S. The summed E-state index contributed by atoms with van der Waals surface area (Å²) in [6, 6.07) is 4.70. The largest absolute Gasteiger partial charge is 0.505 e. The maximum absolute atomic E-state index is 10.4. The first-order chi connectivity index (χ1) is 5.61. The van der Waals surface area contributed by atoms with E-state index in [9.17, 15) is 9.32 Å². The van der Waals surface area contributed by atoms with E-state index in [0.29, 0.717) is 5.56 Å². The standard InChI is InChI=1S/C7H9NO3S/c8-6-3-1-2-5(7(6)9)4-12(10)11/h1-3,9H,4,8H2,(H,10,11). The summed E-state index contributed by atoms with van der Waals surface area (Å²) in [6.45, 7) is 0. The molecule has 1 atom stereocenters. The van der Waals surface area contributed by atoms with Crippen LogP contribution in [0.2, 0.25) is 0 Å². The first kappa shape index (κ1) is 9.02. The van der Waals surface area contributed by atoms with Crippen molar-refractivity contribution in [1.82, 2.24) is 0 Å². The molecule has 4 nitrogen and oxygen atoms in total. The lowest BCUT2D eigenvalue weighted by molar-refractivity contribution is 0.472. The maximum atomic E-state index is 10.4. The second-order valence-corrected chi connectivity index (χ2v) is 3.25. The van der Waals surface area contributed by atoms with Gasteiger partial charge in [-0.05, 0) is 6.07 Å². The molecule has 0 aliphatic carbocycles. The zero-order valence-electron chi connectivity index (χ0n) is 6.23. The van der Waals surface area contributed by atoms with Crippen LogP contribution in [0.1, 0.15) is 5.56 Å². The zero-order chi connectivity index (χ0) is 9.14. The van der Waals surface area contributed by atoms with Crippen molar-refractivity contribution in [2.45, 2.75) is 5.75 Å². The van der Waals surface area contributed by atoms with Gasteiger partial charge in [-0.2, -0.15) is 0 Å². The van der Waals surface area contributed by atoms with Crippen molar-refractivity contribution in [3.8, 4) is 5.75 Å². The minimum atomic E-state index is -1.95. The first-order valence-electron chi connectivity index (χ1n) is 3.25. The Morgan fingerprint density at radius 3 is 2.75 bits per heavy atom. The van der Waals surface area contributed by atoms with Crippen LogP contribution in [-0.2, 0) is 16.8 Å². The molecule has 1 aromatic rings. The van der Waals surface area contributed by atoms with Crippen LogP contribution in [0.4, 0.5) is 5.69 Å². The molecule has 12 heavy (non-hydrogen) atoms. The van der Waals surface area contributed by atoms with Crippen molar-refractivity contribution in [1.29, 1.82) is 0 Å². The number of phenolic OH excluding ortho intramolecular Hbond substituents is 1. The Bertz CT molecular complexity index is 314. The first-order valence-corrected chi connectivity index (χ1v) is 4.52. The van der Waals surface area contributed by atoms with Gasteiger partial charge in [-0.25, -0.2) is 4.21 Å². The van der Waals surface area contributed by atoms with Gasteiger partial charge in [0.15, 0.2) is 11.1 Å². The molecule has 0 spiro atoms. The van der Waals surface area contributed by atoms with Gasteiger partial charge in [0.25, 0.3) is 0 Å². The van der Waals surface area contributed by atoms with Gasteiger partial charge >= 0.3 is 0 Å². The van der Waals surface area contributed by atoms with E-state index in [0.717, 1.165) is 0 Å². The predicted molar refractivity (Wildman–Crippen MR) is 47.0 cm³/mol. The number of aromatic hydroxyl groups is 1. The summed E-state index contributed by atoms with van der Waals surface area (Å²) in [5.41, 5.74) is 5.97. The van der Waals surface area contributed by atoms with E-state index >= 15 is 0 Å². The van der Waals surface area contributed by atoms with E-state index < -0.39 is 11.1 Å². The third-order valence-corrected chi connectivity index (χ3v) is 1.99. The van der Waals surface area contributed by atoms with Gasteiger partial charge in [0, 0.05) is 5.56 Å². The van der Waals surface area contributed by atoms with Gasteiger partial charge < -0.3 is 15.4 Å². The van der Waals surface area contributed by atoms with Crippen LogP contribution in [0.25, 0.3) is 0 Å². The molecule has 1 aromatic carbocycles. The molecule has 5 heteroatoms. The van der Waals surface area contributed by atoms with Crippen LogP contribution < -0.4 is 5.73 Å². The number of benzene rings is 1. The number of anilines is 1. The van der Waals surface area contributed by atoms with E-state index in [1.807, 2.05) is 0 Å². The Kier molecular flexibility index (Phi) is 2.67. The van der Waals surface area contributed by atoms with Crippen molar-refractivity contribution >= 4 is 16.8 Å². The third kappa shape index (κ3) is 1.96. The average Bonchev–Trinajstić information content (AvgIpc) is 1.98. The molecule has 0 saturated carbocycles. The summed E-state index contributed by atoms with van der Waals surface area (Å²) in [7, 11) is 0. The number of rotatable bonds is 2. The number of nitrogen functional groups attached to an aromatic ring is 1. The van der Waals surface area contributed by atoms with Crippen molar-refractivity contribution in [3.05, 3.63) is 23.8 Å². The maximum Gasteiger partial charge on any atom is 0.157 e. The van der Waals surface area contributed by atoms with Crippen LogP contribution in [-0.4, -0.2) is 13.9 Å². The van der Waals surface area contributed by atoms with Crippen LogP contribution in [0.5, 0.6) is 5.75 Å². The quantitative estimate of drug-likeness (QED) is 0.361. The Labute approximate surface area is 72.3 Å². The van der Waals surface area contributed by atoms with Crippen molar-refractivity contribution in [3.63, 3.8) is 0 Å². The van der Waals surface area contributed by atoms with Gasteiger partial charge in [-0.3, -0.25) is 0 Å². The Hall–Kier alpha value is -1.07. The fourth-order valence-corrected chi connectivity index (χ4v) is 1.36. The number of para-hydroxylation sites is 1. The monoisotopic (exact) mass is 187 g/mol. The van der Waals surface area contributed by atoms with E-state index in [-0.39, 0.29) is 17.2 Å². The van der Waals surface area contributed by atoms with Crippen molar-refractivity contribution in [2.75, 3.05) is 5.73 Å². The highest BCUT2D eigenvalue weighted by Crippen LogP contribution is 2.24. The molecule has 0 fully saturated rings. The second kappa shape index (κ2) is 3.55. The molecule has 0 radical (unpaired) electrons. The molecule has 0 saturated heterocycles. The molecule has 0 aromatic heterocycles. The highest BCUT2D eigenvalue weighted by atomic mass is 32.2. The molecule has 0 aliphatic rings. The lowest BCUT2D eigenvalue weighted by atomic mass is 10.2. The normalized spacial score (nSPS) is 12.8. The van der Waals surface area contributed by atoms with E-state index in [1.54, 1.807) is 12.1 Å². The molecule has 66 valence electrons. The molecule has 0 aliphatic heterocycles. The highest BCUT2D eigenvalue weighted by molar-refractivity contribution is 7.78. The molecule has 1 rings (SSSR count). The lowest BCUT2D eigenvalue weighted by Crippen LogP contribution is -1.95. The Morgan fingerprint density at radius 1 is 1.50 bits per heavy atom. The SMILES string of the molecule is Nc1cccc(CS(=O)O)c1O. The topological polar surface area (TPSA) is 83.6 Å². The zero-order valence-corrected chi connectivity index (χ0v) is 7.04. The van der Waals surface area contributed by atoms with Gasteiger partial charge in [0.2, 0.25) is 0 Å². The van der Waals surface area contributed by atoms with Crippen molar-refractivity contribution < 1.29 is 13.9 Å². The van der Waals surface area contributed by atoms with Gasteiger partial charge in [-0.15, -0.1) is 0 Å². The smallest absolute Gasteiger partial charge is 0.157 e. The fraction of sp³-hybridized carbons (Fsp3) is 0.143. The summed E-state index contributed by atoms with van der Waals surface area (Å²) in [5.74, 6) is -0.212. The number of nitrogens with two attached hydrogens (primary N) is 1. The van der Waals surface area contributed by atoms with E-state index in [1.165, 1.54) is 6.07 Å². The van der Waals surface area contributed by atoms with E-state index in [4.69, 9.17) is 10.3 Å². The van der Waals surface area contributed by atoms with Crippen LogP contribution in [0, 0.1) is 0 Å². The number of hydrogen-bond donors (Lipinski definition) is 3. The second-order valence-electron chi connectivity index (χ2n) is 2.32. The summed E-state index contributed by atoms with van der Waals surface area (Å²) in [4.78, 5) is 0. The van der Waals surface area contributed by atoms with Crippen LogP contribution >= 0.6 is 0 Å².